The first-order valence-corrected chi connectivity index (χ1v) is 3.18. The highest BCUT2D eigenvalue weighted by Gasteiger charge is 2.05. The molecule has 1 atom stereocenters. The largest absolute Gasteiger partial charge is 0.465 e. The normalized spacial score (nSPS) is 9.78. The van der Waals surface area contributed by atoms with Gasteiger partial charge in [0.2, 0.25) is 0 Å². The van der Waals surface area contributed by atoms with Crippen LogP contribution in [0.4, 0.5) is 0 Å². The first-order valence-electron chi connectivity index (χ1n) is 3.18. The van der Waals surface area contributed by atoms with Gasteiger partial charge < -0.3 is 4.74 Å². The van der Waals surface area contributed by atoms with Gasteiger partial charge in [0, 0.05) is 0 Å². The van der Waals surface area contributed by atoms with Gasteiger partial charge in [-0.2, -0.15) is 0 Å². The van der Waals surface area contributed by atoms with Crippen molar-refractivity contribution in [3.05, 3.63) is 6.92 Å². The molecular weight excluding hydrogens is 116 g/mol. The SMILES string of the molecule is [CH2]C(C)C(=O)OCCC. The summed E-state index contributed by atoms with van der Waals surface area (Å²) in [6.07, 6.45) is 0.873. The lowest BCUT2D eigenvalue weighted by Crippen LogP contribution is -2.11. The molecule has 1 unspecified atom stereocenters. The molecule has 53 valence electrons. The number of esters is 1. The molecule has 0 aliphatic heterocycles. The third kappa shape index (κ3) is 4.01. The fourth-order valence-corrected chi connectivity index (χ4v) is 0.345. The average Bonchev–Trinajstić information content (AvgIpc) is 1.82. The Morgan fingerprint density at radius 1 is 1.78 bits per heavy atom. The van der Waals surface area contributed by atoms with Gasteiger partial charge in [-0.15, -0.1) is 0 Å². The van der Waals surface area contributed by atoms with Crippen molar-refractivity contribution in [3.8, 4) is 0 Å². The Morgan fingerprint density at radius 3 is 2.67 bits per heavy atom. The molecule has 1 radical (unpaired) electrons. The molecule has 0 aromatic carbocycles. The van der Waals surface area contributed by atoms with Crippen molar-refractivity contribution in [2.45, 2.75) is 20.3 Å². The highest BCUT2D eigenvalue weighted by molar-refractivity contribution is 5.72. The number of carbonyl (C=O) groups is 1. The predicted octanol–water partition coefficient (Wildman–Crippen LogP) is 1.41. The lowest BCUT2D eigenvalue weighted by Gasteiger charge is -2.03. The van der Waals surface area contributed by atoms with Crippen LogP contribution in [0.15, 0.2) is 0 Å². The molecular formula is C7H13O2. The van der Waals surface area contributed by atoms with E-state index in [0.717, 1.165) is 6.42 Å². The van der Waals surface area contributed by atoms with E-state index < -0.39 is 0 Å². The van der Waals surface area contributed by atoms with Crippen LogP contribution in [-0.4, -0.2) is 12.6 Å². The Balaban J connectivity index is 3.28. The maximum atomic E-state index is 10.6. The average molecular weight is 129 g/mol. The highest BCUT2D eigenvalue weighted by atomic mass is 16.5. The third-order valence-electron chi connectivity index (χ3n) is 0.851. The van der Waals surface area contributed by atoms with Gasteiger partial charge in [0.25, 0.3) is 0 Å². The molecule has 0 saturated carbocycles. The van der Waals surface area contributed by atoms with Gasteiger partial charge in [0.05, 0.1) is 12.5 Å². The summed E-state index contributed by atoms with van der Waals surface area (Å²) < 4.78 is 4.75. The second kappa shape index (κ2) is 4.36. The molecule has 0 N–H and O–H groups in total. The van der Waals surface area contributed by atoms with Gasteiger partial charge in [-0.1, -0.05) is 13.8 Å². The lowest BCUT2D eigenvalue weighted by molar-refractivity contribution is -0.146. The zero-order chi connectivity index (χ0) is 7.28. The Hall–Kier alpha value is -0.530. The molecule has 2 heteroatoms. The number of carbonyl (C=O) groups excluding carboxylic acids is 1. The van der Waals surface area contributed by atoms with Gasteiger partial charge in [-0.3, -0.25) is 4.79 Å². The molecule has 0 fully saturated rings. The summed E-state index contributed by atoms with van der Waals surface area (Å²) in [6.45, 7) is 7.71. The fraction of sp³-hybridized carbons (Fsp3) is 0.714. The van der Waals surface area contributed by atoms with Gasteiger partial charge in [0.1, 0.15) is 0 Å². The molecule has 0 aromatic heterocycles. The second-order valence-electron chi connectivity index (χ2n) is 2.07. The maximum Gasteiger partial charge on any atom is 0.308 e. The zero-order valence-corrected chi connectivity index (χ0v) is 6.02. The quantitative estimate of drug-likeness (QED) is 0.538. The first kappa shape index (κ1) is 8.47. The van der Waals surface area contributed by atoms with Crippen LogP contribution in [0.25, 0.3) is 0 Å². The van der Waals surface area contributed by atoms with Crippen LogP contribution in [0.3, 0.4) is 0 Å². The Labute approximate surface area is 56.2 Å². The highest BCUT2D eigenvalue weighted by Crippen LogP contribution is 1.94. The van der Waals surface area contributed by atoms with E-state index in [4.69, 9.17) is 4.74 Å². The number of hydrogen-bond acceptors (Lipinski definition) is 2. The summed E-state index contributed by atoms with van der Waals surface area (Å²) in [6, 6.07) is 0. The van der Waals surface area contributed by atoms with E-state index in [2.05, 4.69) is 6.92 Å². The summed E-state index contributed by atoms with van der Waals surface area (Å²) in [5.41, 5.74) is 0. The van der Waals surface area contributed by atoms with Crippen LogP contribution in [0, 0.1) is 12.8 Å². The summed E-state index contributed by atoms with van der Waals surface area (Å²) in [5, 5.41) is 0. The van der Waals surface area contributed by atoms with Crippen LogP contribution < -0.4 is 0 Å². The Bertz CT molecular complexity index is 86.9. The maximum absolute atomic E-state index is 10.6. The third-order valence-corrected chi connectivity index (χ3v) is 0.851. The minimum Gasteiger partial charge on any atom is -0.465 e. The van der Waals surface area contributed by atoms with E-state index in [0.29, 0.717) is 6.61 Å². The lowest BCUT2D eigenvalue weighted by atomic mass is 10.2. The van der Waals surface area contributed by atoms with Crippen LogP contribution >= 0.6 is 0 Å². The van der Waals surface area contributed by atoms with Crippen molar-refractivity contribution in [1.29, 1.82) is 0 Å². The standard InChI is InChI=1S/C7H13O2/c1-4-5-9-7(8)6(2)3/h6H,2,4-5H2,1,3H3. The van der Waals surface area contributed by atoms with E-state index in [1.165, 1.54) is 0 Å². The summed E-state index contributed by atoms with van der Waals surface area (Å²) in [4.78, 5) is 10.6. The van der Waals surface area contributed by atoms with Gasteiger partial charge in [0.15, 0.2) is 0 Å². The molecule has 2 nitrogen and oxygen atoms in total. The second-order valence-corrected chi connectivity index (χ2v) is 2.07. The van der Waals surface area contributed by atoms with Crippen molar-refractivity contribution in [2.24, 2.45) is 5.92 Å². The topological polar surface area (TPSA) is 26.3 Å². The summed E-state index contributed by atoms with van der Waals surface area (Å²) >= 11 is 0. The van der Waals surface area contributed by atoms with E-state index in [1.807, 2.05) is 6.92 Å². The van der Waals surface area contributed by atoms with E-state index in [1.54, 1.807) is 6.92 Å². The summed E-state index contributed by atoms with van der Waals surface area (Å²) in [5.74, 6) is -0.451. The van der Waals surface area contributed by atoms with Crippen molar-refractivity contribution < 1.29 is 9.53 Å². The Morgan fingerprint density at radius 2 is 2.33 bits per heavy atom. The first-order chi connectivity index (χ1) is 4.18. The number of rotatable bonds is 3. The van der Waals surface area contributed by atoms with Crippen molar-refractivity contribution >= 4 is 5.97 Å². The zero-order valence-electron chi connectivity index (χ0n) is 6.02. The fourth-order valence-electron chi connectivity index (χ4n) is 0.345. The van der Waals surface area contributed by atoms with E-state index >= 15 is 0 Å². The molecule has 0 bridgehead atoms. The van der Waals surface area contributed by atoms with Crippen LogP contribution in [0.2, 0.25) is 0 Å². The number of ether oxygens (including phenoxy) is 1. The molecule has 0 amide bonds. The summed E-state index contributed by atoms with van der Waals surface area (Å²) in [7, 11) is 0. The van der Waals surface area contributed by atoms with Crippen molar-refractivity contribution in [1.82, 2.24) is 0 Å². The van der Waals surface area contributed by atoms with Crippen molar-refractivity contribution in [2.75, 3.05) is 6.61 Å². The molecule has 0 aliphatic carbocycles. The van der Waals surface area contributed by atoms with Gasteiger partial charge >= 0.3 is 5.97 Å². The molecule has 0 aromatic rings. The predicted molar refractivity (Wildman–Crippen MR) is 35.8 cm³/mol. The molecule has 0 spiro atoms. The van der Waals surface area contributed by atoms with Crippen LogP contribution in [0.1, 0.15) is 20.3 Å². The molecule has 0 saturated heterocycles. The Kier molecular flexibility index (Phi) is 4.10. The van der Waals surface area contributed by atoms with Gasteiger partial charge in [-0.25, -0.2) is 0 Å². The minimum absolute atomic E-state index is 0.211. The van der Waals surface area contributed by atoms with Crippen molar-refractivity contribution in [3.63, 3.8) is 0 Å². The van der Waals surface area contributed by atoms with Gasteiger partial charge in [-0.05, 0) is 13.3 Å². The molecule has 0 heterocycles. The molecule has 0 rings (SSSR count). The van der Waals surface area contributed by atoms with E-state index in [9.17, 15) is 4.79 Å². The van der Waals surface area contributed by atoms with Crippen LogP contribution in [-0.2, 0) is 9.53 Å². The van der Waals surface area contributed by atoms with Crippen LogP contribution in [0.5, 0.6) is 0 Å². The molecule has 9 heavy (non-hydrogen) atoms. The molecule has 0 aliphatic rings. The van der Waals surface area contributed by atoms with E-state index in [-0.39, 0.29) is 11.9 Å². The minimum atomic E-state index is -0.239. The monoisotopic (exact) mass is 129 g/mol. The smallest absolute Gasteiger partial charge is 0.308 e. The number of hydrogen-bond donors (Lipinski definition) is 0.